The second kappa shape index (κ2) is 4.42. The molecule has 0 bridgehead atoms. The first-order valence-corrected chi connectivity index (χ1v) is 6.50. The van der Waals surface area contributed by atoms with Gasteiger partial charge in [-0.2, -0.15) is 10.4 Å². The Balaban J connectivity index is 2.12. The number of fused-ring (bicyclic) bond motifs is 2. The summed E-state index contributed by atoms with van der Waals surface area (Å²) in [5.41, 5.74) is 2.66. The van der Waals surface area contributed by atoms with Gasteiger partial charge in [0.1, 0.15) is 11.3 Å². The van der Waals surface area contributed by atoms with E-state index in [1.54, 1.807) is 23.1 Å². The topological polar surface area (TPSA) is 71.8 Å². The van der Waals surface area contributed by atoms with Crippen LogP contribution in [0.2, 0.25) is 0 Å². The summed E-state index contributed by atoms with van der Waals surface area (Å²) in [6, 6.07) is 11.9. The maximum atomic E-state index is 9.05. The minimum absolute atomic E-state index is 0.228. The van der Waals surface area contributed by atoms with Crippen molar-refractivity contribution in [3.05, 3.63) is 54.7 Å². The zero-order chi connectivity index (χ0) is 14.2. The summed E-state index contributed by atoms with van der Waals surface area (Å²) in [6.07, 6.45) is 5.44. The Hall–Kier alpha value is -3.20. The molecule has 0 N–H and O–H groups in total. The fourth-order valence-corrected chi connectivity index (χ4v) is 2.52. The van der Waals surface area contributed by atoms with E-state index < -0.39 is 0 Å². The zero-order valence-electron chi connectivity index (χ0n) is 11.0. The second-order valence-corrected chi connectivity index (χ2v) is 4.60. The van der Waals surface area contributed by atoms with Crippen LogP contribution in [-0.4, -0.2) is 24.1 Å². The van der Waals surface area contributed by atoms with E-state index in [-0.39, 0.29) is 6.42 Å². The largest absolute Gasteiger partial charge is 0.278 e. The molecule has 1 aromatic carbocycles. The monoisotopic (exact) mass is 274 g/mol. The molecule has 0 fully saturated rings. The third-order valence-electron chi connectivity index (χ3n) is 3.38. The normalized spacial score (nSPS) is 11.0. The lowest BCUT2D eigenvalue weighted by Gasteiger charge is -2.08. The van der Waals surface area contributed by atoms with Gasteiger partial charge in [-0.25, -0.2) is 14.5 Å². The van der Waals surface area contributed by atoms with E-state index >= 15 is 0 Å². The van der Waals surface area contributed by atoms with E-state index in [1.807, 2.05) is 34.9 Å². The van der Waals surface area contributed by atoms with Gasteiger partial charge in [0.2, 0.25) is 0 Å². The first-order chi connectivity index (χ1) is 10.4. The summed E-state index contributed by atoms with van der Waals surface area (Å²) in [7, 11) is 0. The molecule has 6 nitrogen and oxygen atoms in total. The lowest BCUT2D eigenvalue weighted by molar-refractivity contribution is 0.888. The number of nitriles is 1. The molecule has 0 saturated carbocycles. The van der Waals surface area contributed by atoms with Crippen molar-refractivity contribution < 1.29 is 0 Å². The number of nitrogens with zero attached hydrogens (tertiary/aromatic N) is 6. The van der Waals surface area contributed by atoms with Crippen LogP contribution in [0.4, 0.5) is 0 Å². The van der Waals surface area contributed by atoms with E-state index in [0.29, 0.717) is 5.82 Å². The van der Waals surface area contributed by atoms with Gasteiger partial charge in [-0.15, -0.1) is 0 Å². The van der Waals surface area contributed by atoms with E-state index in [0.717, 1.165) is 22.4 Å². The Morgan fingerprint density at radius 3 is 2.90 bits per heavy atom. The van der Waals surface area contributed by atoms with Gasteiger partial charge in [0, 0.05) is 12.4 Å². The molecule has 4 rings (SSSR count). The summed E-state index contributed by atoms with van der Waals surface area (Å²) in [5.74, 6) is 1.41. The number of imidazole rings is 1. The summed E-state index contributed by atoms with van der Waals surface area (Å²) >= 11 is 0. The Bertz CT molecular complexity index is 988. The molecule has 0 aliphatic rings. The standard InChI is InChI=1S/C15H10N6/c16-7-5-14-19-11-3-1-2-4-12(11)21(14)15-13-6-8-18-20(13)10-9-17-15/h1-4,6,8-10H,5H2. The summed E-state index contributed by atoms with van der Waals surface area (Å²) in [4.78, 5) is 9.01. The van der Waals surface area contributed by atoms with Crippen LogP contribution in [0.15, 0.2) is 48.9 Å². The Kier molecular flexibility index (Phi) is 2.44. The highest BCUT2D eigenvalue weighted by Crippen LogP contribution is 2.23. The van der Waals surface area contributed by atoms with Gasteiger partial charge >= 0.3 is 0 Å². The zero-order valence-corrected chi connectivity index (χ0v) is 11.0. The molecular weight excluding hydrogens is 264 g/mol. The molecule has 0 amide bonds. The highest BCUT2D eigenvalue weighted by molar-refractivity contribution is 5.80. The van der Waals surface area contributed by atoms with Gasteiger partial charge in [-0.3, -0.25) is 4.57 Å². The van der Waals surface area contributed by atoms with Crippen LogP contribution in [0.3, 0.4) is 0 Å². The fourth-order valence-electron chi connectivity index (χ4n) is 2.52. The first-order valence-electron chi connectivity index (χ1n) is 6.50. The van der Waals surface area contributed by atoms with Crippen molar-refractivity contribution in [2.75, 3.05) is 0 Å². The molecule has 100 valence electrons. The van der Waals surface area contributed by atoms with Crippen molar-refractivity contribution in [2.24, 2.45) is 0 Å². The maximum Gasteiger partial charge on any atom is 0.164 e. The second-order valence-electron chi connectivity index (χ2n) is 4.60. The van der Waals surface area contributed by atoms with Crippen LogP contribution in [0.25, 0.3) is 22.4 Å². The summed E-state index contributed by atoms with van der Waals surface area (Å²) in [5, 5.41) is 13.3. The van der Waals surface area contributed by atoms with Gasteiger partial charge in [0.25, 0.3) is 0 Å². The average molecular weight is 274 g/mol. The molecule has 0 saturated heterocycles. The summed E-state index contributed by atoms with van der Waals surface area (Å²) in [6.45, 7) is 0. The van der Waals surface area contributed by atoms with Gasteiger partial charge < -0.3 is 0 Å². The number of benzene rings is 1. The van der Waals surface area contributed by atoms with Crippen LogP contribution in [-0.2, 0) is 6.42 Å². The predicted molar refractivity (Wildman–Crippen MR) is 76.9 cm³/mol. The van der Waals surface area contributed by atoms with E-state index in [4.69, 9.17) is 5.26 Å². The highest BCUT2D eigenvalue weighted by Gasteiger charge is 2.15. The summed E-state index contributed by atoms with van der Waals surface area (Å²) < 4.78 is 3.68. The van der Waals surface area contributed by atoms with Crippen molar-refractivity contribution in [1.29, 1.82) is 5.26 Å². The number of hydrogen-bond acceptors (Lipinski definition) is 4. The van der Waals surface area contributed by atoms with E-state index in [9.17, 15) is 0 Å². The molecule has 0 aliphatic carbocycles. The quantitative estimate of drug-likeness (QED) is 0.561. The van der Waals surface area contributed by atoms with Crippen LogP contribution in [0.1, 0.15) is 5.82 Å². The molecule has 4 aromatic rings. The lowest BCUT2D eigenvalue weighted by atomic mass is 10.3. The molecule has 3 aromatic heterocycles. The van der Waals surface area contributed by atoms with Gasteiger partial charge in [-0.1, -0.05) is 12.1 Å². The van der Waals surface area contributed by atoms with E-state index in [2.05, 4.69) is 21.1 Å². The molecule has 21 heavy (non-hydrogen) atoms. The van der Waals surface area contributed by atoms with Crippen molar-refractivity contribution in [3.8, 4) is 11.9 Å². The van der Waals surface area contributed by atoms with Crippen molar-refractivity contribution in [3.63, 3.8) is 0 Å². The van der Waals surface area contributed by atoms with Gasteiger partial charge in [0.15, 0.2) is 5.82 Å². The lowest BCUT2D eigenvalue weighted by Crippen LogP contribution is -2.05. The van der Waals surface area contributed by atoms with Crippen LogP contribution in [0, 0.1) is 11.3 Å². The number of para-hydroxylation sites is 2. The predicted octanol–water partition coefficient (Wildman–Crippen LogP) is 2.13. The van der Waals surface area contributed by atoms with Crippen molar-refractivity contribution in [1.82, 2.24) is 24.1 Å². The minimum atomic E-state index is 0.228. The van der Waals surface area contributed by atoms with E-state index in [1.165, 1.54) is 0 Å². The highest BCUT2D eigenvalue weighted by atomic mass is 15.2. The Morgan fingerprint density at radius 2 is 2.00 bits per heavy atom. The van der Waals surface area contributed by atoms with Crippen molar-refractivity contribution in [2.45, 2.75) is 6.42 Å². The Morgan fingerprint density at radius 1 is 1.10 bits per heavy atom. The molecule has 0 atom stereocenters. The number of hydrogen-bond donors (Lipinski definition) is 0. The molecule has 6 heteroatoms. The first kappa shape index (κ1) is 11.6. The Labute approximate surface area is 119 Å². The van der Waals surface area contributed by atoms with Crippen molar-refractivity contribution >= 4 is 16.6 Å². The van der Waals surface area contributed by atoms with Crippen LogP contribution >= 0.6 is 0 Å². The minimum Gasteiger partial charge on any atom is -0.278 e. The third-order valence-corrected chi connectivity index (χ3v) is 3.38. The average Bonchev–Trinajstić information content (AvgIpc) is 3.11. The molecule has 0 radical (unpaired) electrons. The maximum absolute atomic E-state index is 9.05. The van der Waals surface area contributed by atoms with Gasteiger partial charge in [0.05, 0.1) is 29.7 Å². The number of rotatable bonds is 2. The smallest absolute Gasteiger partial charge is 0.164 e. The molecule has 3 heterocycles. The van der Waals surface area contributed by atoms with Gasteiger partial charge in [-0.05, 0) is 18.2 Å². The fraction of sp³-hybridized carbons (Fsp3) is 0.0667. The van der Waals surface area contributed by atoms with Crippen LogP contribution < -0.4 is 0 Å². The molecule has 0 spiro atoms. The van der Waals surface area contributed by atoms with Crippen LogP contribution in [0.5, 0.6) is 0 Å². The SMILES string of the molecule is N#CCc1nc2ccccc2n1-c1nccn2nccc12. The molecule has 0 unspecified atom stereocenters. The number of aromatic nitrogens is 5. The molecular formula is C15H10N6. The molecule has 0 aliphatic heterocycles. The third kappa shape index (κ3) is 1.68.